The standard InChI is InChI=1S/C18H34N2O4.C16H35N3O.C14H28N2O3.C14H30N2O.C13H28N2O.C11H25N/c1-12(2)15(10-9-14(5)21)17(22)19-11-7-6-8-16(18(23)24)20-13(3)4;1-13(2)15(5)16(20)19(8)12-10-17(6)9-11-18(7)14(3)4;1-10(2)9-13(17)15-8-6-5-7-12(14(18)19)16-11(3)4;1-11(2)13(5)14(17)16-10-8-6-7-9-15-12(3)4;1-11(2)10-13(16)15-9-7-5-6-8-14-12(3)4;1-10(2)8-6-5-7-9-12-11(3)4/h12-13,15-16,20H,6-11H2,1-5H3,(H,19,22)(H,23,24);13-15H,9-12H2,1-8H3;10-12,16H,5-9H2,1-4H3,(H,15,17)(H,18,19);11-13,15H,6-10H2,1-5H3,(H,16,17);11-12,14H,5-10H2,1-4H3,(H,15,16);10-12H,5-9H2,1-4H3/t15-,16-;15-;12-;13-;;/m0000../s1. The molecule has 11 N–H and O–H groups in total. The van der Waals surface area contributed by atoms with Gasteiger partial charge in [-0.2, -0.15) is 0 Å². The highest BCUT2D eigenvalue weighted by Gasteiger charge is 2.24. The molecular formula is C86H180N12O10. The number of carboxylic acids is 2. The van der Waals surface area contributed by atoms with E-state index in [-0.39, 0.29) is 71.1 Å². The molecule has 0 aliphatic heterocycles. The van der Waals surface area contributed by atoms with Crippen LogP contribution in [0.3, 0.4) is 0 Å². The molecule has 644 valence electrons. The van der Waals surface area contributed by atoms with E-state index in [1.807, 2.05) is 81.2 Å². The summed E-state index contributed by atoms with van der Waals surface area (Å²) in [5, 5.41) is 46.1. The SMILES string of the molecule is CC(=O)CC[C@H](C(=O)NCCCC[C@H](NC(C)C)C(=O)O)C(C)C.CC(C)CC(=O)NCCCCCNC(C)C.CC(C)CC(=O)NCCCC[C@H](NC(C)C)C(=O)O.CC(C)CCCCCNC(C)C.CC(C)NCCCCCNC(=O)[C@@H](C)C(C)C.CC(C)[C@H](C)C(=O)N(C)CCN(C)CCN(C)C(C)C. The van der Waals surface area contributed by atoms with E-state index >= 15 is 0 Å². The highest BCUT2D eigenvalue weighted by atomic mass is 16.4. The van der Waals surface area contributed by atoms with Gasteiger partial charge in [0, 0.05) is 133 Å². The number of Topliss-reactive ketones (excluding diaryl/α,β-unsaturated/α-hetero) is 1. The first-order valence-corrected chi connectivity index (χ1v) is 42.6. The molecule has 0 unspecified atom stereocenters. The average Bonchev–Trinajstić information content (AvgIpc) is 0.927. The molecule has 0 aromatic rings. The molecule has 5 amide bonds. The number of ketones is 1. The minimum atomic E-state index is -0.836. The monoisotopic (exact) mass is 1540 g/mol. The van der Waals surface area contributed by atoms with Gasteiger partial charge in [0.15, 0.2) is 0 Å². The van der Waals surface area contributed by atoms with Gasteiger partial charge in [-0.25, -0.2) is 0 Å². The summed E-state index contributed by atoms with van der Waals surface area (Å²) in [4.78, 5) is 98.4. The van der Waals surface area contributed by atoms with Crippen LogP contribution in [0, 0.1) is 53.3 Å². The van der Waals surface area contributed by atoms with Crippen molar-refractivity contribution < 1.29 is 48.6 Å². The second kappa shape index (κ2) is 74.1. The number of nitrogens with zero attached hydrogens (tertiary/aromatic N) is 3. The van der Waals surface area contributed by atoms with Crippen LogP contribution in [-0.2, 0) is 38.4 Å². The molecule has 5 atom stereocenters. The normalized spacial score (nSPS) is 12.8. The molecule has 0 heterocycles. The van der Waals surface area contributed by atoms with Crippen molar-refractivity contribution in [3.8, 4) is 0 Å². The Morgan fingerprint density at radius 2 is 0.685 bits per heavy atom. The largest absolute Gasteiger partial charge is 0.480 e. The third-order valence-electron chi connectivity index (χ3n) is 18.4. The molecule has 0 fully saturated rings. The lowest BCUT2D eigenvalue weighted by Gasteiger charge is -2.28. The summed E-state index contributed by atoms with van der Waals surface area (Å²) in [5.74, 6) is 1.96. The summed E-state index contributed by atoms with van der Waals surface area (Å²) in [7, 11) is 6.19. The molecule has 108 heavy (non-hydrogen) atoms. The maximum Gasteiger partial charge on any atom is 0.320 e. The number of hydrogen-bond donors (Lipinski definition) is 11. The molecule has 0 aromatic heterocycles. The van der Waals surface area contributed by atoms with Crippen molar-refractivity contribution in [3.05, 3.63) is 0 Å². The molecule has 0 radical (unpaired) electrons. The van der Waals surface area contributed by atoms with Crippen LogP contribution in [0.1, 0.15) is 315 Å². The Hall–Kier alpha value is -4.32. The maximum atomic E-state index is 12.2. The Balaban J connectivity index is -0.000000292. The molecular weight excluding hydrogens is 1360 g/mol. The van der Waals surface area contributed by atoms with Crippen LogP contribution in [0.2, 0.25) is 0 Å². The molecule has 0 aromatic carbocycles. The number of rotatable bonds is 57. The summed E-state index contributed by atoms with van der Waals surface area (Å²) >= 11 is 0. The Morgan fingerprint density at radius 3 is 1.01 bits per heavy atom. The first kappa shape index (κ1) is 115. The van der Waals surface area contributed by atoms with Crippen LogP contribution < -0.4 is 47.9 Å². The average molecular weight is 1540 g/mol. The van der Waals surface area contributed by atoms with E-state index < -0.39 is 24.0 Å². The summed E-state index contributed by atoms with van der Waals surface area (Å²) in [6.45, 7) is 65.8. The van der Waals surface area contributed by atoms with Gasteiger partial charge in [0.05, 0.1) is 0 Å². The van der Waals surface area contributed by atoms with Crippen LogP contribution in [0.5, 0.6) is 0 Å². The maximum absolute atomic E-state index is 12.2. The Bertz CT molecular complexity index is 2170. The molecule has 0 aliphatic rings. The Morgan fingerprint density at radius 1 is 0.343 bits per heavy atom. The van der Waals surface area contributed by atoms with Crippen molar-refractivity contribution >= 4 is 47.3 Å². The van der Waals surface area contributed by atoms with Gasteiger partial charge in [0.25, 0.3) is 0 Å². The predicted molar refractivity (Wildman–Crippen MR) is 458 cm³/mol. The van der Waals surface area contributed by atoms with Crippen molar-refractivity contribution in [2.24, 2.45) is 53.3 Å². The van der Waals surface area contributed by atoms with Gasteiger partial charge in [-0.15, -0.1) is 0 Å². The van der Waals surface area contributed by atoms with E-state index in [9.17, 15) is 38.4 Å². The quantitative estimate of drug-likeness (QED) is 0.0252. The second-order valence-corrected chi connectivity index (χ2v) is 34.4. The van der Waals surface area contributed by atoms with Gasteiger partial charge in [0.1, 0.15) is 17.9 Å². The molecule has 0 aliphatic carbocycles. The summed E-state index contributed by atoms with van der Waals surface area (Å²) in [6.07, 6.45) is 18.8. The zero-order valence-electron chi connectivity index (χ0n) is 75.7. The number of unbranched alkanes of at least 4 members (excludes halogenated alkanes) is 8. The number of likely N-dealkylation sites (N-methyl/N-ethyl adjacent to an activating group) is 3. The minimum absolute atomic E-state index is 0.0126. The molecule has 0 saturated carbocycles. The fourth-order valence-corrected chi connectivity index (χ4v) is 10.4. The second-order valence-electron chi connectivity index (χ2n) is 34.4. The van der Waals surface area contributed by atoms with Crippen LogP contribution in [0.25, 0.3) is 0 Å². The first-order chi connectivity index (χ1) is 50.2. The van der Waals surface area contributed by atoms with E-state index in [4.69, 9.17) is 10.2 Å². The fraction of sp³-hybridized carbons (Fsp3) is 0.907. The zero-order chi connectivity index (χ0) is 84.5. The molecule has 0 spiro atoms. The third kappa shape index (κ3) is 82.6. The first-order valence-electron chi connectivity index (χ1n) is 42.6. The predicted octanol–water partition coefficient (Wildman–Crippen LogP) is 14.2. The van der Waals surface area contributed by atoms with Crippen molar-refractivity contribution in [3.63, 3.8) is 0 Å². The molecule has 22 heteroatoms. The van der Waals surface area contributed by atoms with Crippen molar-refractivity contribution in [2.45, 2.75) is 364 Å². The van der Waals surface area contributed by atoms with Crippen molar-refractivity contribution in [2.75, 3.05) is 93.1 Å². The van der Waals surface area contributed by atoms with Crippen molar-refractivity contribution in [1.29, 1.82) is 0 Å². The van der Waals surface area contributed by atoms with Crippen LogP contribution in [-0.4, -0.2) is 214 Å². The number of hydrogen-bond acceptors (Lipinski definition) is 15. The number of nitrogens with one attached hydrogen (secondary N) is 9. The summed E-state index contributed by atoms with van der Waals surface area (Å²) < 4.78 is 0. The van der Waals surface area contributed by atoms with E-state index in [1.54, 1.807) is 6.92 Å². The summed E-state index contributed by atoms with van der Waals surface area (Å²) in [5.41, 5.74) is 0. The molecule has 0 rings (SSSR count). The minimum Gasteiger partial charge on any atom is -0.480 e. The van der Waals surface area contributed by atoms with Crippen molar-refractivity contribution in [1.82, 2.24) is 62.6 Å². The van der Waals surface area contributed by atoms with E-state index in [2.05, 4.69) is 183 Å². The lowest BCUT2D eigenvalue weighted by Crippen LogP contribution is -2.41. The van der Waals surface area contributed by atoms with Crippen LogP contribution in [0.15, 0.2) is 0 Å². The topological polar surface area (TPSA) is 295 Å². The number of amides is 5. The number of carboxylic acid groups (broad SMARTS) is 2. The molecule has 22 nitrogen and oxygen atoms in total. The van der Waals surface area contributed by atoms with Gasteiger partial charge in [-0.3, -0.25) is 33.6 Å². The van der Waals surface area contributed by atoms with Crippen LogP contribution >= 0.6 is 0 Å². The Labute approximate surface area is 665 Å². The Kier molecular flexibility index (Phi) is 78.6. The van der Waals surface area contributed by atoms with E-state index in [1.165, 1.54) is 57.9 Å². The van der Waals surface area contributed by atoms with Gasteiger partial charge in [0.2, 0.25) is 29.5 Å². The van der Waals surface area contributed by atoms with E-state index in [0.29, 0.717) is 99.5 Å². The third-order valence-corrected chi connectivity index (χ3v) is 18.4. The molecule has 0 bridgehead atoms. The summed E-state index contributed by atoms with van der Waals surface area (Å²) in [6, 6.07) is 1.62. The lowest BCUT2D eigenvalue weighted by molar-refractivity contribution is -0.140. The van der Waals surface area contributed by atoms with Gasteiger partial charge < -0.3 is 77.6 Å². The number of carbonyl (C=O) groups is 8. The van der Waals surface area contributed by atoms with Gasteiger partial charge in [-0.05, 0) is 167 Å². The van der Waals surface area contributed by atoms with E-state index in [0.717, 1.165) is 96.8 Å². The lowest BCUT2D eigenvalue weighted by atomic mass is 9.89. The zero-order valence-corrected chi connectivity index (χ0v) is 75.7. The fourth-order valence-electron chi connectivity index (χ4n) is 10.4. The van der Waals surface area contributed by atoms with Gasteiger partial charge >= 0.3 is 11.9 Å². The highest BCUT2D eigenvalue weighted by Crippen LogP contribution is 2.19. The van der Waals surface area contributed by atoms with Crippen LogP contribution in [0.4, 0.5) is 0 Å². The van der Waals surface area contributed by atoms with Gasteiger partial charge in [-0.1, -0.05) is 198 Å². The molecule has 0 saturated heterocycles. The number of aliphatic carboxylic acids is 2. The smallest absolute Gasteiger partial charge is 0.320 e. The highest BCUT2D eigenvalue weighted by molar-refractivity contribution is 5.81. The number of carbonyl (C=O) groups excluding carboxylic acids is 6.